The summed E-state index contributed by atoms with van der Waals surface area (Å²) >= 11 is 0. The molecule has 5 aromatic rings. The average Bonchev–Trinajstić information content (AvgIpc) is 3.60. The van der Waals surface area contributed by atoms with Crippen LogP contribution in [0.1, 0.15) is 25.3 Å². The molecule has 5 heteroatoms. The van der Waals surface area contributed by atoms with Crippen LogP contribution in [0.4, 0.5) is 0 Å². The van der Waals surface area contributed by atoms with Gasteiger partial charge in [-0.2, -0.15) is 0 Å². The first-order valence-corrected chi connectivity index (χ1v) is 11.6. The Morgan fingerprint density at radius 2 is 1.88 bits per heavy atom. The molecule has 3 aromatic carbocycles. The van der Waals surface area contributed by atoms with E-state index in [0.717, 1.165) is 51.7 Å². The van der Waals surface area contributed by atoms with E-state index in [4.69, 9.17) is 9.72 Å². The van der Waals surface area contributed by atoms with Crippen molar-refractivity contribution >= 4 is 21.9 Å². The second-order valence-corrected chi connectivity index (χ2v) is 8.60. The summed E-state index contributed by atoms with van der Waals surface area (Å²) in [6.45, 7) is 3.55. The van der Waals surface area contributed by atoms with Crippen LogP contribution in [0.3, 0.4) is 0 Å². The van der Waals surface area contributed by atoms with Crippen molar-refractivity contribution in [3.05, 3.63) is 84.7 Å². The molecule has 33 heavy (non-hydrogen) atoms. The fraction of sp³-hybridized carbons (Fsp3) is 0.214. The Labute approximate surface area is 193 Å². The molecular weight excluding hydrogens is 408 g/mol. The molecule has 0 radical (unpaired) electrons. The third-order valence-corrected chi connectivity index (χ3v) is 6.22. The van der Waals surface area contributed by atoms with Crippen LogP contribution in [0.25, 0.3) is 38.9 Å². The highest BCUT2D eigenvalue weighted by Gasteiger charge is 2.19. The number of aromatic nitrogens is 3. The van der Waals surface area contributed by atoms with Crippen LogP contribution >= 0.6 is 0 Å². The summed E-state index contributed by atoms with van der Waals surface area (Å²) in [6.07, 6.45) is 4.45. The molecular formula is C28H26N4O. The summed E-state index contributed by atoms with van der Waals surface area (Å²) in [5.74, 6) is 1.69. The maximum Gasteiger partial charge on any atom is 0.139 e. The third-order valence-electron chi connectivity index (χ3n) is 6.22. The van der Waals surface area contributed by atoms with E-state index in [0.29, 0.717) is 6.61 Å². The highest BCUT2D eigenvalue weighted by atomic mass is 16.5. The number of fused-ring (bicyclic) bond motifs is 2. The Hall–Kier alpha value is -3.70. The molecule has 5 nitrogen and oxygen atoms in total. The van der Waals surface area contributed by atoms with Gasteiger partial charge in [0.15, 0.2) is 0 Å². The van der Waals surface area contributed by atoms with Gasteiger partial charge in [0.05, 0.1) is 23.2 Å². The highest BCUT2D eigenvalue weighted by molar-refractivity contribution is 5.94. The van der Waals surface area contributed by atoms with E-state index in [1.807, 2.05) is 36.0 Å². The summed E-state index contributed by atoms with van der Waals surface area (Å²) < 4.78 is 7.66. The van der Waals surface area contributed by atoms with Gasteiger partial charge in [-0.15, -0.1) is 0 Å². The quantitative estimate of drug-likeness (QED) is 0.347. The Morgan fingerprint density at radius 1 is 1.00 bits per heavy atom. The monoisotopic (exact) mass is 434 g/mol. The van der Waals surface area contributed by atoms with Crippen LogP contribution in [0, 0.1) is 0 Å². The summed E-state index contributed by atoms with van der Waals surface area (Å²) in [5, 5.41) is 4.70. The van der Waals surface area contributed by atoms with E-state index in [1.165, 1.54) is 24.0 Å². The molecule has 0 spiro atoms. The zero-order chi connectivity index (χ0) is 22.2. The Kier molecular flexibility index (Phi) is 5.04. The van der Waals surface area contributed by atoms with E-state index in [9.17, 15) is 0 Å². The normalized spacial score (nSPS) is 13.6. The second-order valence-electron chi connectivity index (χ2n) is 8.60. The standard InChI is InChI=1S/C28H26N4O/c1-2-33-23-13-14-26-25(16-23)30-18-32(26)27-15-10-21-4-3-5-24(28(21)31-27)20-8-6-19(7-9-20)17-29-22-11-12-22/h3-10,13-16,18,22,29H,2,11-12,17H2,1H3. The smallest absolute Gasteiger partial charge is 0.139 e. The molecule has 0 atom stereocenters. The number of hydrogen-bond acceptors (Lipinski definition) is 4. The van der Waals surface area contributed by atoms with Crippen LogP contribution in [0.15, 0.2) is 79.1 Å². The first-order chi connectivity index (χ1) is 16.3. The molecule has 0 saturated heterocycles. The molecule has 2 heterocycles. The summed E-state index contributed by atoms with van der Waals surface area (Å²) in [4.78, 5) is 9.65. The number of nitrogens with one attached hydrogen (secondary N) is 1. The van der Waals surface area contributed by atoms with Gasteiger partial charge in [-0.3, -0.25) is 4.57 Å². The molecule has 2 aromatic heterocycles. The van der Waals surface area contributed by atoms with E-state index in [-0.39, 0.29) is 0 Å². The Morgan fingerprint density at radius 3 is 2.70 bits per heavy atom. The molecule has 164 valence electrons. The molecule has 0 unspecified atom stereocenters. The predicted octanol–water partition coefficient (Wildman–Crippen LogP) is 5.89. The molecule has 0 aliphatic heterocycles. The molecule has 1 N–H and O–H groups in total. The molecule has 1 saturated carbocycles. The molecule has 1 aliphatic rings. The summed E-state index contributed by atoms with van der Waals surface area (Å²) in [6, 6.07) is 26.1. The van der Waals surface area contributed by atoms with Crippen molar-refractivity contribution < 1.29 is 4.74 Å². The van der Waals surface area contributed by atoms with Crippen LogP contribution in [0.5, 0.6) is 5.75 Å². The van der Waals surface area contributed by atoms with Gasteiger partial charge in [0.2, 0.25) is 0 Å². The maximum atomic E-state index is 5.62. The van der Waals surface area contributed by atoms with Gasteiger partial charge in [-0.25, -0.2) is 9.97 Å². The Bertz CT molecular complexity index is 1430. The van der Waals surface area contributed by atoms with Crippen LogP contribution in [-0.4, -0.2) is 27.2 Å². The van der Waals surface area contributed by atoms with Gasteiger partial charge in [0, 0.05) is 29.6 Å². The number of ether oxygens (including phenoxy) is 1. The zero-order valence-electron chi connectivity index (χ0n) is 18.7. The molecule has 6 rings (SSSR count). The van der Waals surface area contributed by atoms with E-state index >= 15 is 0 Å². The molecule has 1 aliphatic carbocycles. The summed E-state index contributed by atoms with van der Waals surface area (Å²) in [7, 11) is 0. The fourth-order valence-corrected chi connectivity index (χ4v) is 4.29. The second kappa shape index (κ2) is 8.34. The number of imidazole rings is 1. The van der Waals surface area contributed by atoms with Gasteiger partial charge in [0.25, 0.3) is 0 Å². The number of hydrogen-bond donors (Lipinski definition) is 1. The number of rotatable bonds is 7. The van der Waals surface area contributed by atoms with E-state index < -0.39 is 0 Å². The van der Waals surface area contributed by atoms with E-state index in [1.54, 1.807) is 0 Å². The van der Waals surface area contributed by atoms with Gasteiger partial charge >= 0.3 is 0 Å². The van der Waals surface area contributed by atoms with Gasteiger partial charge < -0.3 is 10.1 Å². The zero-order valence-corrected chi connectivity index (χ0v) is 18.7. The highest BCUT2D eigenvalue weighted by Crippen LogP contribution is 2.30. The van der Waals surface area contributed by atoms with Crippen molar-refractivity contribution in [3.8, 4) is 22.7 Å². The van der Waals surface area contributed by atoms with Crippen LogP contribution in [0.2, 0.25) is 0 Å². The third kappa shape index (κ3) is 3.96. The number of benzene rings is 3. The number of pyridine rings is 1. The topological polar surface area (TPSA) is 52.0 Å². The van der Waals surface area contributed by atoms with Crippen LogP contribution < -0.4 is 10.1 Å². The van der Waals surface area contributed by atoms with Crippen molar-refractivity contribution in [2.45, 2.75) is 32.4 Å². The minimum Gasteiger partial charge on any atom is -0.494 e. The van der Waals surface area contributed by atoms with E-state index in [2.05, 4.69) is 64.9 Å². The SMILES string of the molecule is CCOc1ccc2c(c1)ncn2-c1ccc2cccc(-c3ccc(CNC4CC4)cc3)c2n1. The first kappa shape index (κ1) is 19.9. The molecule has 0 amide bonds. The lowest BCUT2D eigenvalue weighted by molar-refractivity contribution is 0.340. The van der Waals surface area contributed by atoms with Crippen LogP contribution in [-0.2, 0) is 6.54 Å². The first-order valence-electron chi connectivity index (χ1n) is 11.6. The van der Waals surface area contributed by atoms with Crippen molar-refractivity contribution in [2.24, 2.45) is 0 Å². The lowest BCUT2D eigenvalue weighted by Gasteiger charge is -2.10. The predicted molar refractivity (Wildman–Crippen MR) is 133 cm³/mol. The van der Waals surface area contributed by atoms with Crippen molar-refractivity contribution in [2.75, 3.05) is 6.61 Å². The van der Waals surface area contributed by atoms with Gasteiger partial charge in [-0.1, -0.05) is 42.5 Å². The Balaban J connectivity index is 1.37. The van der Waals surface area contributed by atoms with Crippen molar-refractivity contribution in [3.63, 3.8) is 0 Å². The molecule has 1 fully saturated rings. The lowest BCUT2D eigenvalue weighted by atomic mass is 10.0. The lowest BCUT2D eigenvalue weighted by Crippen LogP contribution is -2.14. The largest absolute Gasteiger partial charge is 0.494 e. The number of para-hydroxylation sites is 1. The fourth-order valence-electron chi connectivity index (χ4n) is 4.29. The summed E-state index contributed by atoms with van der Waals surface area (Å²) in [5.41, 5.74) is 6.53. The molecule has 0 bridgehead atoms. The minimum absolute atomic E-state index is 0.638. The van der Waals surface area contributed by atoms with Gasteiger partial charge in [0.1, 0.15) is 17.9 Å². The van der Waals surface area contributed by atoms with Gasteiger partial charge in [-0.05, 0) is 55.2 Å². The number of nitrogens with zero attached hydrogens (tertiary/aromatic N) is 3. The van der Waals surface area contributed by atoms with Crippen molar-refractivity contribution in [1.82, 2.24) is 19.9 Å². The maximum absolute atomic E-state index is 5.62. The minimum atomic E-state index is 0.638. The average molecular weight is 435 g/mol. The van der Waals surface area contributed by atoms with Crippen molar-refractivity contribution in [1.29, 1.82) is 0 Å².